The molecule has 4 N–H and O–H groups in total. The number of nitrogens with zero attached hydrogens (tertiary/aromatic N) is 1. The second-order valence-electron chi connectivity index (χ2n) is 7.01. The largest absolute Gasteiger partial charge is 0.491 e. The van der Waals surface area contributed by atoms with E-state index in [1.54, 1.807) is 12.0 Å². The van der Waals surface area contributed by atoms with Gasteiger partial charge in [0.2, 0.25) is 0 Å². The molecule has 0 aliphatic carbocycles. The molecule has 1 heterocycles. The van der Waals surface area contributed by atoms with Crippen molar-refractivity contribution in [2.45, 2.75) is 31.5 Å². The Balaban J connectivity index is 1.51. The van der Waals surface area contributed by atoms with Gasteiger partial charge in [-0.15, -0.1) is 0 Å². The molecule has 28 heavy (non-hydrogen) atoms. The number of carbonyl (C=O) groups excluding carboxylic acids is 1. The fraction of sp³-hybridized carbons (Fsp3) is 0.650. The molecule has 1 atom stereocenters. The number of likely N-dealkylation sites (tertiary alicyclic amines) is 1. The minimum absolute atomic E-state index is 0.105. The number of carbonyl (C=O) groups is 1. The van der Waals surface area contributed by atoms with E-state index in [1.165, 1.54) is 5.56 Å². The molecule has 1 aliphatic rings. The zero-order valence-corrected chi connectivity index (χ0v) is 16.6. The van der Waals surface area contributed by atoms with Crippen LogP contribution in [0.25, 0.3) is 0 Å². The normalized spacial score (nSPS) is 16.0. The van der Waals surface area contributed by atoms with Gasteiger partial charge in [-0.3, -0.25) is 0 Å². The molecule has 8 nitrogen and oxygen atoms in total. The summed E-state index contributed by atoms with van der Waals surface area (Å²) in [5.41, 5.74) is 1.18. The molecule has 0 aromatic heterocycles. The van der Waals surface area contributed by atoms with Crippen molar-refractivity contribution < 1.29 is 24.5 Å². The average molecular weight is 396 g/mol. The summed E-state index contributed by atoms with van der Waals surface area (Å²) < 4.78 is 10.6. The van der Waals surface area contributed by atoms with Crippen molar-refractivity contribution in [2.75, 3.05) is 53.0 Å². The van der Waals surface area contributed by atoms with Crippen molar-refractivity contribution in [1.29, 1.82) is 0 Å². The lowest BCUT2D eigenvalue weighted by Gasteiger charge is -2.29. The molecule has 0 saturated carbocycles. The van der Waals surface area contributed by atoms with Crippen LogP contribution in [0.2, 0.25) is 0 Å². The Kier molecular flexibility index (Phi) is 10.1. The van der Waals surface area contributed by atoms with Gasteiger partial charge in [0.05, 0.1) is 12.7 Å². The Labute approximate surface area is 166 Å². The van der Waals surface area contributed by atoms with E-state index in [4.69, 9.17) is 9.47 Å². The summed E-state index contributed by atoms with van der Waals surface area (Å²) >= 11 is 0. The first-order valence-electron chi connectivity index (χ1n) is 9.88. The first-order chi connectivity index (χ1) is 13.6. The monoisotopic (exact) mass is 395 g/mol. The van der Waals surface area contributed by atoms with Crippen LogP contribution in [-0.4, -0.2) is 86.4 Å². The molecular formula is C20H33N3O5. The van der Waals surface area contributed by atoms with Crippen molar-refractivity contribution >= 4 is 6.03 Å². The Bertz CT molecular complexity index is 561. The van der Waals surface area contributed by atoms with Crippen LogP contribution >= 0.6 is 0 Å². The number of piperidine rings is 1. The van der Waals surface area contributed by atoms with Crippen LogP contribution in [0.3, 0.4) is 0 Å². The number of methoxy groups -OCH3 is 1. The molecule has 0 bridgehead atoms. The molecule has 1 aliphatic heterocycles. The van der Waals surface area contributed by atoms with Crippen LogP contribution in [0.15, 0.2) is 24.3 Å². The predicted octanol–water partition coefficient (Wildman–Crippen LogP) is 0.371. The molecule has 158 valence electrons. The zero-order valence-electron chi connectivity index (χ0n) is 16.6. The van der Waals surface area contributed by atoms with Crippen molar-refractivity contribution in [3.63, 3.8) is 0 Å². The molecule has 1 aromatic carbocycles. The van der Waals surface area contributed by atoms with E-state index in [9.17, 15) is 15.0 Å². The van der Waals surface area contributed by atoms with E-state index >= 15 is 0 Å². The number of hydrogen-bond acceptors (Lipinski definition) is 6. The minimum Gasteiger partial charge on any atom is -0.491 e. The van der Waals surface area contributed by atoms with E-state index in [0.29, 0.717) is 52.2 Å². The third-order valence-corrected chi connectivity index (χ3v) is 4.67. The second kappa shape index (κ2) is 12.6. The Hall–Kier alpha value is -1.87. The molecule has 2 amide bonds. The Morgan fingerprint density at radius 1 is 1.25 bits per heavy atom. The third-order valence-electron chi connectivity index (χ3n) is 4.67. The van der Waals surface area contributed by atoms with Gasteiger partial charge in [0.1, 0.15) is 18.5 Å². The summed E-state index contributed by atoms with van der Waals surface area (Å²) in [4.78, 5) is 13.7. The summed E-state index contributed by atoms with van der Waals surface area (Å²) in [6, 6.07) is 7.65. The summed E-state index contributed by atoms with van der Waals surface area (Å²) in [6.07, 6.45) is 1.21. The van der Waals surface area contributed by atoms with Crippen molar-refractivity contribution in [2.24, 2.45) is 0 Å². The number of nitrogens with one attached hydrogen (secondary N) is 2. The van der Waals surface area contributed by atoms with Crippen molar-refractivity contribution in [3.05, 3.63) is 29.8 Å². The number of urea groups is 1. The highest BCUT2D eigenvalue weighted by molar-refractivity contribution is 5.74. The molecule has 8 heteroatoms. The van der Waals surface area contributed by atoms with Crippen LogP contribution in [-0.2, 0) is 11.2 Å². The number of aliphatic hydroxyl groups is 2. The third kappa shape index (κ3) is 8.43. The summed E-state index contributed by atoms with van der Waals surface area (Å²) in [6.45, 7) is 3.49. The van der Waals surface area contributed by atoms with E-state index < -0.39 is 6.10 Å². The molecule has 0 spiro atoms. The highest BCUT2D eigenvalue weighted by atomic mass is 16.5. The van der Waals surface area contributed by atoms with Gasteiger partial charge in [-0.2, -0.15) is 0 Å². The number of amides is 2. The minimum atomic E-state index is -0.632. The topological polar surface area (TPSA) is 103 Å². The lowest BCUT2D eigenvalue weighted by atomic mass is 10.1. The molecule has 1 saturated heterocycles. The molecule has 1 aromatic rings. The second-order valence-corrected chi connectivity index (χ2v) is 7.01. The highest BCUT2D eigenvalue weighted by Crippen LogP contribution is 2.13. The fourth-order valence-electron chi connectivity index (χ4n) is 2.93. The summed E-state index contributed by atoms with van der Waals surface area (Å²) in [5, 5.41) is 25.4. The number of ether oxygens (including phenoxy) is 2. The van der Waals surface area contributed by atoms with Gasteiger partial charge in [-0.05, 0) is 37.0 Å². The molecule has 1 fully saturated rings. The van der Waals surface area contributed by atoms with Gasteiger partial charge in [0.15, 0.2) is 0 Å². The quantitative estimate of drug-likeness (QED) is 0.404. The van der Waals surface area contributed by atoms with Crippen LogP contribution in [0.4, 0.5) is 4.79 Å². The predicted molar refractivity (Wildman–Crippen MR) is 107 cm³/mol. The first kappa shape index (κ1) is 22.4. The zero-order chi connectivity index (χ0) is 20.2. The van der Waals surface area contributed by atoms with Crippen molar-refractivity contribution in [1.82, 2.24) is 15.5 Å². The number of hydrogen-bond donors (Lipinski definition) is 4. The Morgan fingerprint density at radius 2 is 1.96 bits per heavy atom. The maximum absolute atomic E-state index is 12.0. The van der Waals surface area contributed by atoms with E-state index in [0.717, 1.165) is 12.2 Å². The lowest BCUT2D eigenvalue weighted by molar-refractivity contribution is 0.0936. The molecule has 0 radical (unpaired) electrons. The number of benzene rings is 1. The van der Waals surface area contributed by atoms with Crippen molar-refractivity contribution in [3.8, 4) is 5.75 Å². The van der Waals surface area contributed by atoms with E-state index in [2.05, 4.69) is 10.6 Å². The van der Waals surface area contributed by atoms with Gasteiger partial charge in [-0.1, -0.05) is 12.1 Å². The van der Waals surface area contributed by atoms with Gasteiger partial charge in [0, 0.05) is 39.8 Å². The molecule has 2 rings (SSSR count). The lowest BCUT2D eigenvalue weighted by Crippen LogP contribution is -2.47. The van der Waals surface area contributed by atoms with Gasteiger partial charge < -0.3 is 35.2 Å². The summed E-state index contributed by atoms with van der Waals surface area (Å²) in [5.74, 6) is 0.721. The van der Waals surface area contributed by atoms with Gasteiger partial charge >= 0.3 is 6.03 Å². The Morgan fingerprint density at radius 3 is 2.64 bits per heavy atom. The highest BCUT2D eigenvalue weighted by Gasteiger charge is 2.20. The standard InChI is InChI=1S/C20H33N3O5/c1-27-13-8-16-2-4-19(5-3-16)28-15-18(25)14-21-9-10-22-20(26)23-11-6-17(24)7-12-23/h2-5,17-18,21,24-25H,6-15H2,1H3,(H,22,26). The van der Waals surface area contributed by atoms with Gasteiger partial charge in [0.25, 0.3) is 0 Å². The molecular weight excluding hydrogens is 362 g/mol. The van der Waals surface area contributed by atoms with Crippen LogP contribution in [0, 0.1) is 0 Å². The smallest absolute Gasteiger partial charge is 0.317 e. The van der Waals surface area contributed by atoms with Gasteiger partial charge in [-0.25, -0.2) is 4.79 Å². The SMILES string of the molecule is COCCc1ccc(OCC(O)CNCCNC(=O)N2CCC(O)CC2)cc1. The fourth-order valence-corrected chi connectivity index (χ4v) is 2.93. The van der Waals surface area contributed by atoms with Crippen LogP contribution < -0.4 is 15.4 Å². The maximum atomic E-state index is 12.0. The van der Waals surface area contributed by atoms with E-state index in [-0.39, 0.29) is 18.7 Å². The van der Waals surface area contributed by atoms with Crippen LogP contribution in [0.1, 0.15) is 18.4 Å². The molecule has 1 unspecified atom stereocenters. The van der Waals surface area contributed by atoms with Crippen LogP contribution in [0.5, 0.6) is 5.75 Å². The first-order valence-corrected chi connectivity index (χ1v) is 9.88. The maximum Gasteiger partial charge on any atom is 0.317 e. The number of rotatable bonds is 11. The summed E-state index contributed by atoms with van der Waals surface area (Å²) in [7, 11) is 1.68. The van der Waals surface area contributed by atoms with E-state index in [1.807, 2.05) is 24.3 Å². The number of aliphatic hydroxyl groups excluding tert-OH is 2. The average Bonchev–Trinajstić information content (AvgIpc) is 2.71.